The molecule has 0 radical (unpaired) electrons. The van der Waals surface area contributed by atoms with Crippen LogP contribution in [-0.4, -0.2) is 15.7 Å². The number of anilines is 1. The molecule has 1 heterocycles. The average Bonchev–Trinajstić information content (AvgIpc) is 2.63. The first kappa shape index (κ1) is 12.9. The maximum absolute atomic E-state index is 12.1. The minimum atomic E-state index is 0.167. The van der Waals surface area contributed by atoms with Gasteiger partial charge in [-0.2, -0.15) is 5.10 Å². The number of aromatic nitrogens is 2. The Morgan fingerprint density at radius 1 is 1.44 bits per heavy atom. The lowest BCUT2D eigenvalue weighted by atomic mass is 9.99. The molecule has 3 N–H and O–H groups in total. The van der Waals surface area contributed by atoms with E-state index in [1.165, 1.54) is 25.7 Å². The number of nitrogen functional groups attached to an aromatic ring is 1. The molecule has 100 valence electrons. The van der Waals surface area contributed by atoms with E-state index >= 15 is 0 Å². The molecule has 0 unspecified atom stereocenters. The third kappa shape index (κ3) is 3.03. The molecule has 1 saturated carbocycles. The van der Waals surface area contributed by atoms with Crippen molar-refractivity contribution in [1.82, 2.24) is 15.1 Å². The standard InChI is InChI=1S/C13H22N4O/c1-17-12(14)11(9-16-17)8-15-13(18)10-6-4-2-3-5-7-10/h9-10H,2-8,14H2,1H3,(H,15,18). The van der Waals surface area contributed by atoms with E-state index in [0.29, 0.717) is 12.4 Å². The molecular weight excluding hydrogens is 228 g/mol. The van der Waals surface area contributed by atoms with Gasteiger partial charge in [-0.25, -0.2) is 0 Å². The zero-order valence-corrected chi connectivity index (χ0v) is 11.0. The Morgan fingerprint density at radius 2 is 2.11 bits per heavy atom. The summed E-state index contributed by atoms with van der Waals surface area (Å²) in [5, 5.41) is 7.04. The molecule has 0 aliphatic heterocycles. The average molecular weight is 250 g/mol. The predicted molar refractivity (Wildman–Crippen MR) is 70.7 cm³/mol. The largest absolute Gasteiger partial charge is 0.384 e. The van der Waals surface area contributed by atoms with Crippen molar-refractivity contribution in [1.29, 1.82) is 0 Å². The Morgan fingerprint density at radius 3 is 2.67 bits per heavy atom. The maximum Gasteiger partial charge on any atom is 0.223 e. The van der Waals surface area contributed by atoms with Crippen LogP contribution in [0.25, 0.3) is 0 Å². The van der Waals surface area contributed by atoms with Gasteiger partial charge >= 0.3 is 0 Å². The second-order valence-electron chi connectivity index (χ2n) is 5.08. The Kier molecular flexibility index (Phi) is 4.23. The quantitative estimate of drug-likeness (QED) is 0.800. The Balaban J connectivity index is 1.85. The molecule has 1 aromatic rings. The Hall–Kier alpha value is -1.52. The van der Waals surface area contributed by atoms with Crippen LogP contribution in [0, 0.1) is 5.92 Å². The number of hydrogen-bond acceptors (Lipinski definition) is 3. The van der Waals surface area contributed by atoms with Crippen LogP contribution in [0.1, 0.15) is 44.1 Å². The summed E-state index contributed by atoms with van der Waals surface area (Å²) in [5.74, 6) is 0.974. The lowest BCUT2D eigenvalue weighted by Gasteiger charge is -2.13. The van der Waals surface area contributed by atoms with Gasteiger partial charge in [-0.1, -0.05) is 25.7 Å². The summed E-state index contributed by atoms with van der Waals surface area (Å²) >= 11 is 0. The van der Waals surface area contributed by atoms with Gasteiger partial charge in [-0.05, 0) is 12.8 Å². The van der Waals surface area contributed by atoms with Crippen LogP contribution in [-0.2, 0) is 18.4 Å². The van der Waals surface area contributed by atoms with Gasteiger partial charge < -0.3 is 11.1 Å². The van der Waals surface area contributed by atoms with Crippen molar-refractivity contribution in [2.75, 3.05) is 5.73 Å². The number of carbonyl (C=O) groups excluding carboxylic acids is 1. The molecule has 1 fully saturated rings. The highest BCUT2D eigenvalue weighted by atomic mass is 16.1. The van der Waals surface area contributed by atoms with Gasteiger partial charge in [0, 0.05) is 25.1 Å². The summed E-state index contributed by atoms with van der Waals surface area (Å²) in [7, 11) is 1.80. The van der Waals surface area contributed by atoms with Crippen LogP contribution in [0.2, 0.25) is 0 Å². The molecule has 1 aliphatic rings. The molecule has 0 saturated heterocycles. The van der Waals surface area contributed by atoms with E-state index in [1.54, 1.807) is 17.9 Å². The van der Waals surface area contributed by atoms with Gasteiger partial charge in [-0.3, -0.25) is 9.48 Å². The third-order valence-electron chi connectivity index (χ3n) is 3.74. The third-order valence-corrected chi connectivity index (χ3v) is 3.74. The van der Waals surface area contributed by atoms with Gasteiger partial charge in [0.25, 0.3) is 0 Å². The van der Waals surface area contributed by atoms with Crippen molar-refractivity contribution >= 4 is 11.7 Å². The van der Waals surface area contributed by atoms with E-state index in [2.05, 4.69) is 10.4 Å². The molecule has 5 heteroatoms. The second-order valence-corrected chi connectivity index (χ2v) is 5.08. The number of amides is 1. The van der Waals surface area contributed by atoms with Gasteiger partial charge in [0.15, 0.2) is 0 Å². The first-order valence-electron chi connectivity index (χ1n) is 6.72. The number of carbonyl (C=O) groups is 1. The summed E-state index contributed by atoms with van der Waals surface area (Å²) in [6.45, 7) is 0.481. The van der Waals surface area contributed by atoms with Crippen molar-refractivity contribution in [3.8, 4) is 0 Å². The van der Waals surface area contributed by atoms with Gasteiger partial charge in [-0.15, -0.1) is 0 Å². The molecule has 1 aromatic heterocycles. The van der Waals surface area contributed by atoms with Gasteiger partial charge in [0.05, 0.1) is 6.20 Å². The fraction of sp³-hybridized carbons (Fsp3) is 0.692. The Labute approximate surface area is 108 Å². The molecule has 0 spiro atoms. The molecule has 0 aromatic carbocycles. The van der Waals surface area contributed by atoms with Gasteiger partial charge in [0.1, 0.15) is 5.82 Å². The van der Waals surface area contributed by atoms with Crippen molar-refractivity contribution in [3.05, 3.63) is 11.8 Å². The van der Waals surface area contributed by atoms with Crippen LogP contribution in [0.5, 0.6) is 0 Å². The van der Waals surface area contributed by atoms with Crippen LogP contribution >= 0.6 is 0 Å². The van der Waals surface area contributed by atoms with Crippen molar-refractivity contribution in [3.63, 3.8) is 0 Å². The maximum atomic E-state index is 12.1. The lowest BCUT2D eigenvalue weighted by Crippen LogP contribution is -2.30. The highest BCUT2D eigenvalue weighted by molar-refractivity contribution is 5.78. The normalized spacial score (nSPS) is 17.4. The molecule has 1 amide bonds. The SMILES string of the molecule is Cn1ncc(CNC(=O)C2CCCCCC2)c1N. The summed E-state index contributed by atoms with van der Waals surface area (Å²) in [5.41, 5.74) is 6.73. The van der Waals surface area contributed by atoms with Crippen LogP contribution in [0.3, 0.4) is 0 Å². The van der Waals surface area contributed by atoms with E-state index < -0.39 is 0 Å². The van der Waals surface area contributed by atoms with E-state index in [9.17, 15) is 4.79 Å². The zero-order valence-electron chi connectivity index (χ0n) is 11.0. The van der Waals surface area contributed by atoms with Crippen LogP contribution < -0.4 is 11.1 Å². The summed E-state index contributed by atoms with van der Waals surface area (Å²) < 4.78 is 1.62. The minimum Gasteiger partial charge on any atom is -0.384 e. The fourth-order valence-corrected chi connectivity index (χ4v) is 2.50. The van der Waals surface area contributed by atoms with Crippen LogP contribution in [0.4, 0.5) is 5.82 Å². The molecule has 2 rings (SSSR count). The molecule has 1 aliphatic carbocycles. The number of nitrogens with one attached hydrogen (secondary N) is 1. The first-order valence-corrected chi connectivity index (χ1v) is 6.72. The number of nitrogens with zero attached hydrogens (tertiary/aromatic N) is 2. The predicted octanol–water partition coefficient (Wildman–Crippen LogP) is 1.59. The van der Waals surface area contributed by atoms with E-state index in [1.807, 2.05) is 0 Å². The summed E-state index contributed by atoms with van der Waals surface area (Å²) in [4.78, 5) is 12.1. The van der Waals surface area contributed by atoms with E-state index in [0.717, 1.165) is 18.4 Å². The zero-order chi connectivity index (χ0) is 13.0. The summed E-state index contributed by atoms with van der Waals surface area (Å²) in [6, 6.07) is 0. The number of rotatable bonds is 3. The van der Waals surface area contributed by atoms with Crippen LogP contribution in [0.15, 0.2) is 6.20 Å². The summed E-state index contributed by atoms with van der Waals surface area (Å²) in [6.07, 6.45) is 8.63. The minimum absolute atomic E-state index is 0.167. The number of hydrogen-bond donors (Lipinski definition) is 2. The monoisotopic (exact) mass is 250 g/mol. The van der Waals surface area contributed by atoms with E-state index in [-0.39, 0.29) is 11.8 Å². The Bertz CT molecular complexity index is 405. The van der Waals surface area contributed by atoms with E-state index in [4.69, 9.17) is 5.73 Å². The van der Waals surface area contributed by atoms with Gasteiger partial charge in [0.2, 0.25) is 5.91 Å². The highest BCUT2D eigenvalue weighted by Gasteiger charge is 2.20. The lowest BCUT2D eigenvalue weighted by molar-refractivity contribution is -0.125. The molecule has 5 nitrogen and oxygen atoms in total. The smallest absolute Gasteiger partial charge is 0.223 e. The number of nitrogens with two attached hydrogens (primary N) is 1. The van der Waals surface area contributed by atoms with Crippen molar-refractivity contribution in [2.24, 2.45) is 13.0 Å². The van der Waals surface area contributed by atoms with Crippen molar-refractivity contribution < 1.29 is 4.79 Å². The molecular formula is C13H22N4O. The second kappa shape index (κ2) is 5.89. The topological polar surface area (TPSA) is 72.9 Å². The fourth-order valence-electron chi connectivity index (χ4n) is 2.50. The first-order chi connectivity index (χ1) is 8.68. The molecule has 18 heavy (non-hydrogen) atoms. The van der Waals surface area contributed by atoms with Crippen molar-refractivity contribution in [2.45, 2.75) is 45.1 Å². The molecule has 0 bridgehead atoms. The highest BCUT2D eigenvalue weighted by Crippen LogP contribution is 2.23. The molecule has 0 atom stereocenters. The number of aryl methyl sites for hydroxylation is 1.